The molecule has 0 saturated carbocycles. The van der Waals surface area contributed by atoms with Crippen molar-refractivity contribution in [1.82, 2.24) is 9.88 Å². The zero-order valence-corrected chi connectivity index (χ0v) is 21.8. The van der Waals surface area contributed by atoms with Gasteiger partial charge in [-0.2, -0.15) is 0 Å². The van der Waals surface area contributed by atoms with E-state index >= 15 is 0 Å². The molecule has 0 N–H and O–H groups in total. The molecule has 1 aromatic heterocycles. The van der Waals surface area contributed by atoms with Gasteiger partial charge in [0.2, 0.25) is 0 Å². The molecule has 0 radical (unpaired) electrons. The van der Waals surface area contributed by atoms with E-state index in [2.05, 4.69) is 4.90 Å². The molecule has 0 spiro atoms. The minimum atomic E-state index is -0.0785. The Bertz CT molecular complexity index is 1300. The van der Waals surface area contributed by atoms with Gasteiger partial charge in [-0.1, -0.05) is 35.6 Å². The number of amides is 1. The van der Waals surface area contributed by atoms with Crippen LogP contribution in [-0.2, 0) is 4.74 Å². The third kappa shape index (κ3) is 6.28. The summed E-state index contributed by atoms with van der Waals surface area (Å²) in [7, 11) is 0. The summed E-state index contributed by atoms with van der Waals surface area (Å²) in [5.41, 5.74) is 1.39. The van der Waals surface area contributed by atoms with Gasteiger partial charge in [-0.05, 0) is 61.9 Å². The van der Waals surface area contributed by atoms with Gasteiger partial charge >= 0.3 is 0 Å². The lowest BCUT2D eigenvalue weighted by molar-refractivity contribution is 0.0376. The van der Waals surface area contributed by atoms with Crippen molar-refractivity contribution < 1.29 is 19.0 Å². The van der Waals surface area contributed by atoms with E-state index in [0.717, 1.165) is 61.0 Å². The van der Waals surface area contributed by atoms with Crippen LogP contribution in [0.25, 0.3) is 10.2 Å². The number of para-hydroxylation sites is 2. The van der Waals surface area contributed by atoms with Crippen molar-refractivity contribution in [3.63, 3.8) is 0 Å². The second-order valence-corrected chi connectivity index (χ2v) is 9.75. The standard InChI is InChI=1S/C29H31N3O4S/c1-2-35-25-10-6-11-26-27(25)30-29(37-26)32(17-7-16-31-18-20-34-21-19-31)28(33)22-12-14-24(15-13-22)36-23-8-4-3-5-9-23/h3-6,8-15H,2,7,16-21H2,1H3. The molecule has 5 rings (SSSR count). The molecule has 0 atom stereocenters. The number of carbonyl (C=O) groups excluding carboxylic acids is 1. The van der Waals surface area contributed by atoms with Gasteiger partial charge in [0.05, 0.1) is 24.5 Å². The van der Waals surface area contributed by atoms with Gasteiger partial charge in [0.15, 0.2) is 5.13 Å². The van der Waals surface area contributed by atoms with Crippen LogP contribution in [-0.4, -0.2) is 61.8 Å². The summed E-state index contributed by atoms with van der Waals surface area (Å²) in [6.45, 7) is 7.38. The van der Waals surface area contributed by atoms with E-state index in [1.54, 1.807) is 4.90 Å². The molecule has 8 heteroatoms. The number of morpholine rings is 1. The van der Waals surface area contributed by atoms with Crippen LogP contribution < -0.4 is 14.4 Å². The topological polar surface area (TPSA) is 64.1 Å². The summed E-state index contributed by atoms with van der Waals surface area (Å²) < 4.78 is 18.2. The van der Waals surface area contributed by atoms with E-state index in [9.17, 15) is 4.79 Å². The van der Waals surface area contributed by atoms with Crippen LogP contribution in [0, 0.1) is 0 Å². The number of benzene rings is 3. The van der Waals surface area contributed by atoms with Gasteiger partial charge < -0.3 is 14.2 Å². The third-order valence-electron chi connectivity index (χ3n) is 6.19. The fraction of sp³-hybridized carbons (Fsp3) is 0.310. The van der Waals surface area contributed by atoms with Crippen LogP contribution >= 0.6 is 11.3 Å². The summed E-state index contributed by atoms with van der Waals surface area (Å²) >= 11 is 1.52. The number of aromatic nitrogens is 1. The van der Waals surface area contributed by atoms with Gasteiger partial charge in [-0.25, -0.2) is 4.98 Å². The van der Waals surface area contributed by atoms with Crippen LogP contribution in [0.3, 0.4) is 0 Å². The van der Waals surface area contributed by atoms with Crippen LogP contribution in [0.2, 0.25) is 0 Å². The van der Waals surface area contributed by atoms with Crippen molar-refractivity contribution >= 4 is 32.6 Å². The summed E-state index contributed by atoms with van der Waals surface area (Å²) in [4.78, 5) is 22.8. The molecule has 1 amide bonds. The molecule has 192 valence electrons. The lowest BCUT2D eigenvalue weighted by atomic mass is 10.2. The Labute approximate surface area is 221 Å². The average molecular weight is 518 g/mol. The van der Waals surface area contributed by atoms with Crippen molar-refractivity contribution in [2.24, 2.45) is 0 Å². The molecule has 3 aromatic carbocycles. The van der Waals surface area contributed by atoms with E-state index in [1.165, 1.54) is 11.3 Å². The minimum absolute atomic E-state index is 0.0785. The number of fused-ring (bicyclic) bond motifs is 1. The zero-order valence-electron chi connectivity index (χ0n) is 21.0. The smallest absolute Gasteiger partial charge is 0.260 e. The van der Waals surface area contributed by atoms with E-state index < -0.39 is 0 Å². The lowest BCUT2D eigenvalue weighted by Crippen LogP contribution is -2.39. The maximum absolute atomic E-state index is 13.8. The fourth-order valence-corrected chi connectivity index (χ4v) is 5.31. The second kappa shape index (κ2) is 12.2. The number of ether oxygens (including phenoxy) is 3. The highest BCUT2D eigenvalue weighted by Gasteiger charge is 2.23. The number of thiazole rings is 1. The summed E-state index contributed by atoms with van der Waals surface area (Å²) in [5, 5.41) is 0.679. The van der Waals surface area contributed by atoms with Crippen molar-refractivity contribution in [2.75, 3.05) is 50.9 Å². The molecule has 0 bridgehead atoms. The molecule has 1 aliphatic heterocycles. The number of carbonyl (C=O) groups is 1. The zero-order chi connectivity index (χ0) is 25.5. The molecular formula is C29H31N3O4S. The summed E-state index contributed by atoms with van der Waals surface area (Å²) in [6, 6.07) is 22.8. The number of rotatable bonds is 10. The average Bonchev–Trinajstić information content (AvgIpc) is 3.38. The highest BCUT2D eigenvalue weighted by atomic mass is 32.1. The monoisotopic (exact) mass is 517 g/mol. The highest BCUT2D eigenvalue weighted by molar-refractivity contribution is 7.22. The number of anilines is 1. The number of nitrogens with zero attached hydrogens (tertiary/aromatic N) is 3. The number of hydrogen-bond acceptors (Lipinski definition) is 7. The lowest BCUT2D eigenvalue weighted by Gasteiger charge is -2.27. The highest BCUT2D eigenvalue weighted by Crippen LogP contribution is 2.35. The number of hydrogen-bond donors (Lipinski definition) is 0. The molecule has 1 aliphatic rings. The van der Waals surface area contributed by atoms with Gasteiger partial charge in [0, 0.05) is 31.7 Å². The Kier molecular flexibility index (Phi) is 8.30. The van der Waals surface area contributed by atoms with Crippen molar-refractivity contribution in [1.29, 1.82) is 0 Å². The molecule has 4 aromatic rings. The summed E-state index contributed by atoms with van der Waals surface area (Å²) in [6.07, 6.45) is 0.842. The van der Waals surface area contributed by atoms with Crippen LogP contribution in [0.4, 0.5) is 5.13 Å². The van der Waals surface area contributed by atoms with Crippen LogP contribution in [0.15, 0.2) is 72.8 Å². The molecular weight excluding hydrogens is 486 g/mol. The van der Waals surface area contributed by atoms with Gasteiger partial charge in [-0.15, -0.1) is 0 Å². The van der Waals surface area contributed by atoms with E-state index in [0.29, 0.717) is 29.6 Å². The SMILES string of the molecule is CCOc1cccc2sc(N(CCCN3CCOCC3)C(=O)c3ccc(Oc4ccccc4)cc3)nc12. The van der Waals surface area contributed by atoms with Gasteiger partial charge in [-0.3, -0.25) is 14.6 Å². The van der Waals surface area contributed by atoms with Gasteiger partial charge in [0.25, 0.3) is 5.91 Å². The summed E-state index contributed by atoms with van der Waals surface area (Å²) in [5.74, 6) is 2.10. The van der Waals surface area contributed by atoms with E-state index in [4.69, 9.17) is 19.2 Å². The van der Waals surface area contributed by atoms with Gasteiger partial charge in [0.1, 0.15) is 22.8 Å². The first kappa shape index (κ1) is 25.2. The third-order valence-corrected chi connectivity index (χ3v) is 7.23. The normalized spacial score (nSPS) is 14.0. The Morgan fingerprint density at radius 3 is 2.51 bits per heavy atom. The van der Waals surface area contributed by atoms with Crippen LogP contribution in [0.5, 0.6) is 17.2 Å². The predicted octanol–water partition coefficient (Wildman–Crippen LogP) is 5.86. The molecule has 1 saturated heterocycles. The maximum atomic E-state index is 13.8. The predicted molar refractivity (Wildman–Crippen MR) is 147 cm³/mol. The molecule has 0 unspecified atom stereocenters. The quantitative estimate of drug-likeness (QED) is 0.263. The van der Waals surface area contributed by atoms with Crippen molar-refractivity contribution in [3.8, 4) is 17.2 Å². The van der Waals surface area contributed by atoms with E-state index in [-0.39, 0.29) is 5.91 Å². The molecule has 0 aliphatic carbocycles. The first-order valence-electron chi connectivity index (χ1n) is 12.7. The Hall–Kier alpha value is -3.46. The van der Waals surface area contributed by atoms with Crippen LogP contribution in [0.1, 0.15) is 23.7 Å². The molecule has 2 heterocycles. The fourth-order valence-electron chi connectivity index (χ4n) is 4.31. The molecule has 7 nitrogen and oxygen atoms in total. The van der Waals surface area contributed by atoms with Crippen molar-refractivity contribution in [3.05, 3.63) is 78.4 Å². The first-order valence-corrected chi connectivity index (χ1v) is 13.5. The Morgan fingerprint density at radius 1 is 1.00 bits per heavy atom. The maximum Gasteiger partial charge on any atom is 0.260 e. The molecule has 37 heavy (non-hydrogen) atoms. The minimum Gasteiger partial charge on any atom is -0.492 e. The Morgan fingerprint density at radius 2 is 1.76 bits per heavy atom. The van der Waals surface area contributed by atoms with E-state index in [1.807, 2.05) is 79.7 Å². The Balaban J connectivity index is 1.37. The second-order valence-electron chi connectivity index (χ2n) is 8.74. The molecule has 1 fully saturated rings. The largest absolute Gasteiger partial charge is 0.492 e. The first-order chi connectivity index (χ1) is 18.2. The van der Waals surface area contributed by atoms with Crippen molar-refractivity contribution in [2.45, 2.75) is 13.3 Å².